The van der Waals surface area contributed by atoms with Crippen molar-refractivity contribution in [1.29, 1.82) is 0 Å². The number of aromatic amines is 2. The summed E-state index contributed by atoms with van der Waals surface area (Å²) >= 11 is 0. The second-order valence-electron chi connectivity index (χ2n) is 14.9. The van der Waals surface area contributed by atoms with E-state index in [1.807, 2.05) is 22.9 Å². The third-order valence-electron chi connectivity index (χ3n) is 11.2. The van der Waals surface area contributed by atoms with Crippen molar-refractivity contribution in [3.05, 3.63) is 72.1 Å². The van der Waals surface area contributed by atoms with Gasteiger partial charge in [0.1, 0.15) is 17.7 Å². The molecule has 3 amide bonds. The number of ether oxygens (including phenoxy) is 2. The zero-order chi connectivity index (χ0) is 37.1. The Hall–Kier alpha value is -3.57. The molecule has 3 aliphatic heterocycles. The van der Waals surface area contributed by atoms with Crippen LogP contribution in [0.5, 0.6) is 0 Å². The average Bonchev–Trinajstić information content (AvgIpc) is 4.01. The Morgan fingerprint density at radius 3 is 2.11 bits per heavy atom. The van der Waals surface area contributed by atoms with E-state index in [0.717, 1.165) is 96.1 Å². The molecule has 12 nitrogen and oxygen atoms in total. The van der Waals surface area contributed by atoms with Crippen molar-refractivity contribution in [2.75, 3.05) is 26.8 Å². The quantitative estimate of drug-likeness (QED) is 0.173. The Morgan fingerprint density at radius 2 is 1.44 bits per heavy atom. The predicted octanol–water partition coefficient (Wildman–Crippen LogP) is 7.63. The molecule has 312 valence electrons. The maximum atomic E-state index is 13.7. The standard InChI is InChI=1S/C41H51N7O5.4H2S/c1-25(2)26(3)39(49)47-20-7-10-34(47)37-42-23-32(43-37)29-16-12-27(13-17-29)28-14-18-30(19-15-28)36-33-24-53-22-6-5-9-31(45-41(51)52-4)40(50)48-21-8-11-35(48)38(44-33)46-36;;;;/h12-19,23,25-26,31,34-35H,5-11,20-22,24H2,1-4H3,(H,42,43)(H,44,46)(H,45,51);4*1H2/t26-,31-,34-,35-;;;;/m0..../s1. The number of amides is 3. The number of benzene rings is 2. The van der Waals surface area contributed by atoms with Crippen LogP contribution in [0.2, 0.25) is 0 Å². The minimum Gasteiger partial charge on any atom is -0.453 e. The van der Waals surface area contributed by atoms with Gasteiger partial charge in [-0.1, -0.05) is 69.3 Å². The lowest BCUT2D eigenvalue weighted by molar-refractivity contribution is -0.137. The van der Waals surface area contributed by atoms with E-state index in [1.165, 1.54) is 7.11 Å². The summed E-state index contributed by atoms with van der Waals surface area (Å²) in [6, 6.07) is 15.9. The van der Waals surface area contributed by atoms with Crippen molar-refractivity contribution in [2.45, 2.75) is 90.4 Å². The Morgan fingerprint density at radius 1 is 0.807 bits per heavy atom. The molecule has 2 fully saturated rings. The molecule has 16 heteroatoms. The van der Waals surface area contributed by atoms with E-state index >= 15 is 0 Å². The molecule has 5 heterocycles. The highest BCUT2D eigenvalue weighted by molar-refractivity contribution is 7.59. The monoisotopic (exact) mass is 857 g/mol. The molecule has 7 rings (SSSR count). The Labute approximate surface area is 363 Å². The van der Waals surface area contributed by atoms with E-state index in [2.05, 4.69) is 77.7 Å². The summed E-state index contributed by atoms with van der Waals surface area (Å²) in [5.41, 5.74) is 6.81. The number of H-pyrrole nitrogens is 2. The van der Waals surface area contributed by atoms with Crippen molar-refractivity contribution in [3.63, 3.8) is 0 Å². The Bertz CT molecular complexity index is 1920. The van der Waals surface area contributed by atoms with Gasteiger partial charge in [-0.25, -0.2) is 14.8 Å². The predicted molar refractivity (Wildman–Crippen MR) is 243 cm³/mol. The maximum absolute atomic E-state index is 13.7. The van der Waals surface area contributed by atoms with Crippen molar-refractivity contribution >= 4 is 71.9 Å². The lowest BCUT2D eigenvalue weighted by Crippen LogP contribution is -2.48. The molecular weight excluding hydrogens is 799 g/mol. The van der Waals surface area contributed by atoms with E-state index in [-0.39, 0.29) is 83.8 Å². The normalized spacial score (nSPS) is 19.9. The van der Waals surface area contributed by atoms with Crippen LogP contribution in [-0.4, -0.2) is 80.5 Å². The summed E-state index contributed by atoms with van der Waals surface area (Å²) in [4.78, 5) is 59.6. The van der Waals surface area contributed by atoms with Crippen LogP contribution in [0.1, 0.15) is 95.1 Å². The first kappa shape index (κ1) is 47.8. The number of nitrogens with zero attached hydrogens (tertiary/aromatic N) is 4. The van der Waals surface area contributed by atoms with Crippen LogP contribution >= 0.6 is 54.0 Å². The number of fused-ring (bicyclic) bond motifs is 4. The molecule has 2 aromatic carbocycles. The summed E-state index contributed by atoms with van der Waals surface area (Å²) < 4.78 is 10.9. The van der Waals surface area contributed by atoms with Crippen LogP contribution in [0.15, 0.2) is 54.7 Å². The number of carbonyl (C=O) groups is 3. The van der Waals surface area contributed by atoms with Crippen LogP contribution in [0.3, 0.4) is 0 Å². The SMILES string of the molecule is COC(=O)N[C@H]1CCCCOCc2[nH]c(nc2-c2ccc(-c3ccc(-c4cnc([C@@H]5CCCN5C(=O)[C@@H](C)C(C)C)[nH]4)cc3)cc2)[C@@H]2CCCN2C1=O.S.S.S.S. The van der Waals surface area contributed by atoms with Crippen molar-refractivity contribution in [2.24, 2.45) is 11.8 Å². The van der Waals surface area contributed by atoms with Gasteiger partial charge in [-0.15, -0.1) is 0 Å². The second kappa shape index (κ2) is 21.4. The molecule has 0 aliphatic carbocycles. The molecule has 2 bridgehead atoms. The molecule has 0 unspecified atom stereocenters. The van der Waals surface area contributed by atoms with Gasteiger partial charge in [-0.2, -0.15) is 54.0 Å². The number of imidazole rings is 2. The minimum atomic E-state index is -0.658. The molecule has 4 atom stereocenters. The van der Waals surface area contributed by atoms with Gasteiger partial charge in [0.25, 0.3) is 0 Å². The number of aromatic nitrogens is 4. The van der Waals surface area contributed by atoms with Gasteiger partial charge in [0.2, 0.25) is 11.8 Å². The second-order valence-corrected chi connectivity index (χ2v) is 14.9. The number of rotatable bonds is 7. The number of hydrogen-bond acceptors (Lipinski definition) is 7. The summed E-state index contributed by atoms with van der Waals surface area (Å²) in [6.07, 6.45) is 6.84. The summed E-state index contributed by atoms with van der Waals surface area (Å²) in [5, 5.41) is 2.75. The average molecular weight is 858 g/mol. The molecule has 57 heavy (non-hydrogen) atoms. The van der Waals surface area contributed by atoms with Gasteiger partial charge >= 0.3 is 6.09 Å². The van der Waals surface area contributed by atoms with Gasteiger partial charge in [0.05, 0.1) is 49.1 Å². The van der Waals surface area contributed by atoms with Crippen LogP contribution in [0, 0.1) is 11.8 Å². The molecule has 0 radical (unpaired) electrons. The van der Waals surface area contributed by atoms with Crippen LogP contribution in [0.4, 0.5) is 4.79 Å². The molecule has 0 spiro atoms. The number of carbonyl (C=O) groups excluding carboxylic acids is 3. The zero-order valence-electron chi connectivity index (χ0n) is 33.2. The molecule has 4 aromatic rings. The number of alkyl carbamates (subject to hydrolysis) is 1. The first-order chi connectivity index (χ1) is 25.7. The molecular formula is C41H59N7O5S4. The highest BCUT2D eigenvalue weighted by atomic mass is 32.1. The number of nitrogens with one attached hydrogen (secondary N) is 3. The van der Waals surface area contributed by atoms with E-state index in [1.54, 1.807) is 0 Å². The highest BCUT2D eigenvalue weighted by Crippen LogP contribution is 2.36. The van der Waals surface area contributed by atoms with E-state index in [9.17, 15) is 14.4 Å². The van der Waals surface area contributed by atoms with Crippen molar-refractivity contribution in [1.82, 2.24) is 35.1 Å². The lowest BCUT2D eigenvalue weighted by Gasteiger charge is -2.28. The summed E-state index contributed by atoms with van der Waals surface area (Å²) in [7, 11) is 1.31. The number of likely N-dealkylation sites (tertiary alicyclic amines) is 1. The zero-order valence-corrected chi connectivity index (χ0v) is 37.2. The smallest absolute Gasteiger partial charge is 0.407 e. The largest absolute Gasteiger partial charge is 0.453 e. The molecule has 2 aromatic heterocycles. The van der Waals surface area contributed by atoms with Gasteiger partial charge < -0.3 is 34.6 Å². The Kier molecular flexibility index (Phi) is 18.0. The molecule has 3 aliphatic rings. The molecule has 2 saturated heterocycles. The van der Waals surface area contributed by atoms with Crippen LogP contribution < -0.4 is 5.32 Å². The van der Waals surface area contributed by atoms with Crippen LogP contribution in [0.25, 0.3) is 33.6 Å². The molecule has 3 N–H and O–H groups in total. The third-order valence-corrected chi connectivity index (χ3v) is 11.2. The fraction of sp³-hybridized carbons (Fsp3) is 0.488. The number of hydrogen-bond donors (Lipinski definition) is 3. The lowest BCUT2D eigenvalue weighted by atomic mass is 9.96. The topological polar surface area (TPSA) is 146 Å². The van der Waals surface area contributed by atoms with Crippen LogP contribution in [-0.2, 0) is 25.7 Å². The fourth-order valence-electron chi connectivity index (χ4n) is 7.81. The third kappa shape index (κ3) is 10.5. The Balaban J connectivity index is 0.00000218. The van der Waals surface area contributed by atoms with Crippen molar-refractivity contribution in [3.8, 4) is 33.6 Å². The summed E-state index contributed by atoms with van der Waals surface area (Å²) in [5.74, 6) is 1.97. The first-order valence-corrected chi connectivity index (χ1v) is 19.1. The fourth-order valence-corrected chi connectivity index (χ4v) is 7.81. The van der Waals surface area contributed by atoms with Gasteiger partial charge in [-0.3, -0.25) is 9.59 Å². The van der Waals surface area contributed by atoms with E-state index < -0.39 is 12.1 Å². The van der Waals surface area contributed by atoms with Gasteiger partial charge in [0.15, 0.2) is 0 Å². The van der Waals surface area contributed by atoms with E-state index in [4.69, 9.17) is 19.4 Å². The maximum Gasteiger partial charge on any atom is 0.407 e. The van der Waals surface area contributed by atoms with Gasteiger partial charge in [-0.05, 0) is 67.6 Å². The summed E-state index contributed by atoms with van der Waals surface area (Å²) in [6.45, 7) is 8.52. The minimum absolute atomic E-state index is 0. The van der Waals surface area contributed by atoms with E-state index in [0.29, 0.717) is 32.1 Å². The number of methoxy groups -OCH3 is 1. The van der Waals surface area contributed by atoms with Crippen molar-refractivity contribution < 1.29 is 23.9 Å². The highest BCUT2D eigenvalue weighted by Gasteiger charge is 2.37. The first-order valence-electron chi connectivity index (χ1n) is 19.1. The molecule has 0 saturated carbocycles. The van der Waals surface area contributed by atoms with Gasteiger partial charge in [0, 0.05) is 31.2 Å².